The second-order valence-electron chi connectivity index (χ2n) is 3.53. The highest BCUT2D eigenvalue weighted by Gasteiger charge is 2.27. The molecule has 2 rings (SSSR count). The van der Waals surface area contributed by atoms with E-state index in [1.165, 1.54) is 0 Å². The fourth-order valence-corrected chi connectivity index (χ4v) is 3.34. The standard InChI is InChI=1S/C11H15NO2S/c1-3-12-10-7-15(13)11-5-4-8(14-2)6-9(10)11/h4-6,10,12H,3,7H2,1-2H3. The fraction of sp³-hybridized carbons (Fsp3) is 0.455. The van der Waals surface area contributed by atoms with E-state index in [0.29, 0.717) is 5.75 Å². The van der Waals surface area contributed by atoms with Crippen LogP contribution in [0.4, 0.5) is 0 Å². The molecule has 2 unspecified atom stereocenters. The van der Waals surface area contributed by atoms with Crippen molar-refractivity contribution in [3.05, 3.63) is 23.8 Å². The van der Waals surface area contributed by atoms with Crippen LogP contribution in [0.5, 0.6) is 5.75 Å². The van der Waals surface area contributed by atoms with E-state index in [4.69, 9.17) is 4.74 Å². The molecule has 1 aliphatic heterocycles. The summed E-state index contributed by atoms with van der Waals surface area (Å²) >= 11 is 0. The molecule has 1 aromatic carbocycles. The van der Waals surface area contributed by atoms with Gasteiger partial charge in [0.2, 0.25) is 0 Å². The number of rotatable bonds is 3. The maximum atomic E-state index is 11.8. The Labute approximate surface area is 92.3 Å². The second kappa shape index (κ2) is 4.33. The highest BCUT2D eigenvalue weighted by Crippen LogP contribution is 2.33. The van der Waals surface area contributed by atoms with Crippen LogP contribution < -0.4 is 10.1 Å². The second-order valence-corrected chi connectivity index (χ2v) is 4.99. The first kappa shape index (κ1) is 10.6. The van der Waals surface area contributed by atoms with Crippen molar-refractivity contribution in [2.75, 3.05) is 19.4 Å². The van der Waals surface area contributed by atoms with Crippen molar-refractivity contribution in [1.82, 2.24) is 5.32 Å². The summed E-state index contributed by atoms with van der Waals surface area (Å²) in [6.45, 7) is 2.94. The van der Waals surface area contributed by atoms with E-state index in [2.05, 4.69) is 12.2 Å². The first-order chi connectivity index (χ1) is 7.26. The van der Waals surface area contributed by atoms with Crippen molar-refractivity contribution >= 4 is 10.8 Å². The number of benzene rings is 1. The number of hydrogen-bond donors (Lipinski definition) is 1. The molecule has 0 bridgehead atoms. The molecule has 82 valence electrons. The Morgan fingerprint density at radius 2 is 2.40 bits per heavy atom. The Morgan fingerprint density at radius 1 is 1.60 bits per heavy atom. The van der Waals surface area contributed by atoms with Gasteiger partial charge in [0.15, 0.2) is 0 Å². The molecular weight excluding hydrogens is 210 g/mol. The van der Waals surface area contributed by atoms with Crippen LogP contribution in [0.25, 0.3) is 0 Å². The SMILES string of the molecule is CCNC1CS(=O)c2ccc(OC)cc21. The van der Waals surface area contributed by atoms with E-state index < -0.39 is 10.8 Å². The fourth-order valence-electron chi connectivity index (χ4n) is 1.88. The van der Waals surface area contributed by atoms with Crippen molar-refractivity contribution in [2.24, 2.45) is 0 Å². The molecule has 0 spiro atoms. The van der Waals surface area contributed by atoms with Crippen LogP contribution in [0.15, 0.2) is 23.1 Å². The van der Waals surface area contributed by atoms with Crippen molar-refractivity contribution in [1.29, 1.82) is 0 Å². The molecule has 15 heavy (non-hydrogen) atoms. The third-order valence-electron chi connectivity index (χ3n) is 2.61. The molecule has 0 radical (unpaired) electrons. The summed E-state index contributed by atoms with van der Waals surface area (Å²) in [5.74, 6) is 1.51. The Balaban J connectivity index is 2.38. The van der Waals surface area contributed by atoms with Crippen LogP contribution >= 0.6 is 0 Å². The zero-order valence-electron chi connectivity index (χ0n) is 8.95. The van der Waals surface area contributed by atoms with Crippen LogP contribution in [0.1, 0.15) is 18.5 Å². The molecule has 0 aliphatic carbocycles. The van der Waals surface area contributed by atoms with Crippen LogP contribution in [0, 0.1) is 0 Å². The van der Waals surface area contributed by atoms with Gasteiger partial charge in [-0.3, -0.25) is 4.21 Å². The Hall–Kier alpha value is -0.870. The number of fused-ring (bicyclic) bond motifs is 1. The smallest absolute Gasteiger partial charge is 0.119 e. The van der Waals surface area contributed by atoms with Crippen molar-refractivity contribution < 1.29 is 8.95 Å². The Morgan fingerprint density at radius 3 is 3.07 bits per heavy atom. The van der Waals surface area contributed by atoms with E-state index in [1.807, 2.05) is 18.2 Å². The Bertz CT molecular complexity index is 392. The van der Waals surface area contributed by atoms with Gasteiger partial charge in [-0.15, -0.1) is 0 Å². The maximum Gasteiger partial charge on any atom is 0.119 e. The summed E-state index contributed by atoms with van der Waals surface area (Å²) in [4.78, 5) is 0.946. The summed E-state index contributed by atoms with van der Waals surface area (Å²) in [5, 5.41) is 3.33. The molecule has 0 amide bonds. The molecular formula is C11H15NO2S. The highest BCUT2D eigenvalue weighted by atomic mass is 32.2. The first-order valence-electron chi connectivity index (χ1n) is 5.06. The average Bonchev–Trinajstić information content (AvgIpc) is 2.56. The van der Waals surface area contributed by atoms with Crippen molar-refractivity contribution in [2.45, 2.75) is 17.9 Å². The zero-order chi connectivity index (χ0) is 10.8. The third-order valence-corrected chi connectivity index (χ3v) is 4.10. The van der Waals surface area contributed by atoms with Gasteiger partial charge in [-0.2, -0.15) is 0 Å². The maximum absolute atomic E-state index is 11.8. The molecule has 0 saturated carbocycles. The molecule has 1 aromatic rings. The summed E-state index contributed by atoms with van der Waals surface area (Å²) < 4.78 is 17.0. The number of nitrogens with one attached hydrogen (secondary N) is 1. The average molecular weight is 225 g/mol. The lowest BCUT2D eigenvalue weighted by Gasteiger charge is -2.11. The summed E-state index contributed by atoms with van der Waals surface area (Å²) in [6.07, 6.45) is 0. The molecule has 4 heteroatoms. The molecule has 1 heterocycles. The number of hydrogen-bond acceptors (Lipinski definition) is 3. The van der Waals surface area contributed by atoms with Crippen LogP contribution in [-0.2, 0) is 10.8 Å². The van der Waals surface area contributed by atoms with E-state index in [-0.39, 0.29) is 6.04 Å². The molecule has 0 aromatic heterocycles. The summed E-state index contributed by atoms with van der Waals surface area (Å²) in [6, 6.07) is 5.96. The molecule has 0 fully saturated rings. The minimum atomic E-state index is -0.858. The number of ether oxygens (including phenoxy) is 1. The first-order valence-corrected chi connectivity index (χ1v) is 6.38. The van der Waals surface area contributed by atoms with E-state index in [0.717, 1.165) is 22.8 Å². The van der Waals surface area contributed by atoms with E-state index in [9.17, 15) is 4.21 Å². The molecule has 1 N–H and O–H groups in total. The predicted molar refractivity (Wildman–Crippen MR) is 60.7 cm³/mol. The zero-order valence-corrected chi connectivity index (χ0v) is 9.76. The lowest BCUT2D eigenvalue weighted by atomic mass is 10.1. The van der Waals surface area contributed by atoms with Crippen LogP contribution in [0.3, 0.4) is 0 Å². The molecule has 3 nitrogen and oxygen atoms in total. The lowest BCUT2D eigenvalue weighted by molar-refractivity contribution is 0.413. The number of methoxy groups -OCH3 is 1. The molecule has 2 atom stereocenters. The minimum Gasteiger partial charge on any atom is -0.497 e. The van der Waals surface area contributed by atoms with Crippen molar-refractivity contribution in [3.8, 4) is 5.75 Å². The van der Waals surface area contributed by atoms with Crippen molar-refractivity contribution in [3.63, 3.8) is 0 Å². The molecule has 1 aliphatic rings. The summed E-state index contributed by atoms with van der Waals surface area (Å²) in [7, 11) is 0.791. The minimum absolute atomic E-state index is 0.209. The monoisotopic (exact) mass is 225 g/mol. The van der Waals surface area contributed by atoms with Gasteiger partial charge in [-0.1, -0.05) is 6.92 Å². The van der Waals surface area contributed by atoms with E-state index in [1.54, 1.807) is 7.11 Å². The Kier molecular flexibility index (Phi) is 3.07. The quantitative estimate of drug-likeness (QED) is 0.846. The van der Waals surface area contributed by atoms with Crippen LogP contribution in [-0.4, -0.2) is 23.6 Å². The van der Waals surface area contributed by atoms with Gasteiger partial charge >= 0.3 is 0 Å². The van der Waals surface area contributed by atoms with Gasteiger partial charge in [0.1, 0.15) is 5.75 Å². The normalized spacial score (nSPS) is 23.9. The van der Waals surface area contributed by atoms with Gasteiger partial charge in [0, 0.05) is 16.7 Å². The lowest BCUT2D eigenvalue weighted by Crippen LogP contribution is -2.21. The highest BCUT2D eigenvalue weighted by molar-refractivity contribution is 7.85. The van der Waals surface area contributed by atoms with Gasteiger partial charge < -0.3 is 10.1 Å². The summed E-state index contributed by atoms with van der Waals surface area (Å²) in [5.41, 5.74) is 1.12. The van der Waals surface area contributed by atoms with Gasteiger partial charge in [0.25, 0.3) is 0 Å². The predicted octanol–water partition coefficient (Wildman–Crippen LogP) is 1.47. The molecule has 0 saturated heterocycles. The van der Waals surface area contributed by atoms with E-state index >= 15 is 0 Å². The topological polar surface area (TPSA) is 38.3 Å². The third kappa shape index (κ3) is 1.92. The van der Waals surface area contributed by atoms with Gasteiger partial charge in [0.05, 0.1) is 17.9 Å². The largest absolute Gasteiger partial charge is 0.497 e. The van der Waals surface area contributed by atoms with Crippen LogP contribution in [0.2, 0.25) is 0 Å². The van der Waals surface area contributed by atoms with Gasteiger partial charge in [-0.05, 0) is 30.3 Å². The van der Waals surface area contributed by atoms with Gasteiger partial charge in [-0.25, -0.2) is 0 Å².